The minimum atomic E-state index is -0.101. The number of para-hydroxylation sites is 1. The maximum Gasteiger partial charge on any atom is 0.264 e. The Morgan fingerprint density at radius 3 is 2.52 bits per heavy atom. The minimum Gasteiger partial charge on any atom is -0.300 e. The van der Waals surface area contributed by atoms with Crippen molar-refractivity contribution in [2.75, 3.05) is 0 Å². The molecule has 1 N–H and O–H groups in total. The standard InChI is InChI=1S/C17H14N2OS/c1-12-7-5-6-10-14(12)18-17-19-16(20)15(21-17)11-13-8-3-2-4-9-13/h2-11H,1H3,(H,18,19,20)/b15-11+. The van der Waals surface area contributed by atoms with E-state index in [1.165, 1.54) is 11.8 Å². The number of carbonyl (C=O) groups excluding carboxylic acids is 1. The van der Waals surface area contributed by atoms with Crippen molar-refractivity contribution in [3.05, 3.63) is 70.6 Å². The molecule has 1 heterocycles. The lowest BCUT2D eigenvalue weighted by molar-refractivity contribution is -0.115. The molecule has 0 radical (unpaired) electrons. The highest BCUT2D eigenvalue weighted by Gasteiger charge is 2.23. The van der Waals surface area contributed by atoms with Crippen molar-refractivity contribution in [3.8, 4) is 0 Å². The third-order valence-corrected chi connectivity index (χ3v) is 4.00. The van der Waals surface area contributed by atoms with E-state index in [1.807, 2.05) is 67.6 Å². The number of amides is 1. The Morgan fingerprint density at radius 2 is 1.76 bits per heavy atom. The number of aryl methyl sites for hydroxylation is 1. The molecule has 2 aromatic rings. The molecule has 1 aliphatic heterocycles. The quantitative estimate of drug-likeness (QED) is 0.854. The molecule has 0 spiro atoms. The number of nitrogens with zero attached hydrogens (tertiary/aromatic N) is 1. The summed E-state index contributed by atoms with van der Waals surface area (Å²) in [5.74, 6) is -0.101. The molecule has 1 aliphatic rings. The molecule has 21 heavy (non-hydrogen) atoms. The van der Waals surface area contributed by atoms with Gasteiger partial charge in [0.25, 0.3) is 5.91 Å². The van der Waals surface area contributed by atoms with Crippen molar-refractivity contribution in [1.29, 1.82) is 0 Å². The Morgan fingerprint density at radius 1 is 1.05 bits per heavy atom. The van der Waals surface area contributed by atoms with E-state index in [4.69, 9.17) is 0 Å². The fourth-order valence-electron chi connectivity index (χ4n) is 1.98. The largest absolute Gasteiger partial charge is 0.300 e. The molecule has 0 bridgehead atoms. The van der Waals surface area contributed by atoms with E-state index >= 15 is 0 Å². The van der Waals surface area contributed by atoms with E-state index in [0.29, 0.717) is 10.1 Å². The summed E-state index contributed by atoms with van der Waals surface area (Å²) in [6, 6.07) is 17.6. The molecule has 1 fully saturated rings. The second kappa shape index (κ2) is 5.97. The second-order valence-corrected chi connectivity index (χ2v) is 5.71. The number of hydrogen-bond acceptors (Lipinski definition) is 3. The van der Waals surface area contributed by atoms with Gasteiger partial charge >= 0.3 is 0 Å². The van der Waals surface area contributed by atoms with Crippen molar-refractivity contribution < 1.29 is 4.79 Å². The molecular formula is C17H14N2OS. The van der Waals surface area contributed by atoms with Crippen LogP contribution < -0.4 is 5.32 Å². The molecule has 0 aliphatic carbocycles. The summed E-state index contributed by atoms with van der Waals surface area (Å²) in [5.41, 5.74) is 2.97. The Kier molecular flexibility index (Phi) is 3.88. The normalized spacial score (nSPS) is 18.2. The average Bonchev–Trinajstić information content (AvgIpc) is 2.82. The number of nitrogens with one attached hydrogen (secondary N) is 1. The van der Waals surface area contributed by atoms with Crippen molar-refractivity contribution >= 4 is 34.6 Å². The van der Waals surface area contributed by atoms with Crippen molar-refractivity contribution in [1.82, 2.24) is 5.32 Å². The third-order valence-electron chi connectivity index (χ3n) is 3.09. The van der Waals surface area contributed by atoms with Crippen molar-refractivity contribution in [3.63, 3.8) is 0 Å². The van der Waals surface area contributed by atoms with Gasteiger partial charge in [0.15, 0.2) is 5.17 Å². The minimum absolute atomic E-state index is 0.101. The van der Waals surface area contributed by atoms with Crippen LogP contribution in [0.5, 0.6) is 0 Å². The molecule has 0 aromatic heterocycles. The van der Waals surface area contributed by atoms with Gasteiger partial charge < -0.3 is 5.32 Å². The van der Waals surface area contributed by atoms with Gasteiger partial charge in [0.1, 0.15) is 0 Å². The molecule has 3 rings (SSSR count). The third kappa shape index (κ3) is 3.23. The van der Waals surface area contributed by atoms with E-state index in [-0.39, 0.29) is 5.91 Å². The van der Waals surface area contributed by atoms with Crippen LogP contribution in [-0.2, 0) is 4.79 Å². The Hall–Kier alpha value is -2.33. The van der Waals surface area contributed by atoms with Gasteiger partial charge in [0.2, 0.25) is 0 Å². The number of hydrogen-bond donors (Lipinski definition) is 1. The van der Waals surface area contributed by atoms with Crippen LogP contribution >= 0.6 is 11.8 Å². The fraction of sp³-hybridized carbons (Fsp3) is 0.0588. The lowest BCUT2D eigenvalue weighted by atomic mass is 10.2. The van der Waals surface area contributed by atoms with E-state index in [1.54, 1.807) is 0 Å². The summed E-state index contributed by atoms with van der Waals surface area (Å²) in [6.45, 7) is 2.00. The molecular weight excluding hydrogens is 280 g/mol. The molecule has 4 heteroatoms. The van der Waals surface area contributed by atoms with Crippen LogP contribution in [0.2, 0.25) is 0 Å². The summed E-state index contributed by atoms with van der Waals surface area (Å²) in [7, 11) is 0. The maximum atomic E-state index is 12.0. The van der Waals surface area contributed by atoms with E-state index in [0.717, 1.165) is 16.8 Å². The second-order valence-electron chi connectivity index (χ2n) is 4.68. The van der Waals surface area contributed by atoms with Gasteiger partial charge in [0, 0.05) is 0 Å². The molecule has 3 nitrogen and oxygen atoms in total. The van der Waals surface area contributed by atoms with Crippen molar-refractivity contribution in [2.45, 2.75) is 6.92 Å². The predicted octanol–water partition coefficient (Wildman–Crippen LogP) is 3.89. The van der Waals surface area contributed by atoms with Gasteiger partial charge in [0.05, 0.1) is 10.6 Å². The van der Waals surface area contributed by atoms with Gasteiger partial charge in [-0.1, -0.05) is 48.5 Å². The van der Waals surface area contributed by atoms with Crippen LogP contribution in [-0.4, -0.2) is 11.1 Å². The highest BCUT2D eigenvalue weighted by atomic mass is 32.2. The zero-order valence-electron chi connectivity index (χ0n) is 11.5. The van der Waals surface area contributed by atoms with Crippen molar-refractivity contribution in [2.24, 2.45) is 4.99 Å². The lowest BCUT2D eigenvalue weighted by Crippen LogP contribution is -2.19. The Labute approximate surface area is 127 Å². The fourth-order valence-corrected chi connectivity index (χ4v) is 2.81. The smallest absolute Gasteiger partial charge is 0.264 e. The number of thioether (sulfide) groups is 1. The van der Waals surface area contributed by atoms with Gasteiger partial charge in [-0.3, -0.25) is 4.79 Å². The zero-order valence-corrected chi connectivity index (χ0v) is 12.4. The Balaban J connectivity index is 1.85. The number of rotatable bonds is 2. The van der Waals surface area contributed by atoms with E-state index in [2.05, 4.69) is 10.3 Å². The zero-order chi connectivity index (χ0) is 14.7. The number of carbonyl (C=O) groups is 1. The molecule has 0 unspecified atom stereocenters. The lowest BCUT2D eigenvalue weighted by Gasteiger charge is -1.99. The first kappa shape index (κ1) is 13.6. The number of amidine groups is 1. The monoisotopic (exact) mass is 294 g/mol. The summed E-state index contributed by atoms with van der Waals surface area (Å²) in [5, 5.41) is 3.43. The van der Waals surface area contributed by atoms with Crippen LogP contribution in [0.4, 0.5) is 5.69 Å². The van der Waals surface area contributed by atoms with Gasteiger partial charge in [-0.05, 0) is 42.0 Å². The highest BCUT2D eigenvalue weighted by molar-refractivity contribution is 8.18. The molecule has 2 aromatic carbocycles. The van der Waals surface area contributed by atoms with E-state index in [9.17, 15) is 4.79 Å². The van der Waals surface area contributed by atoms with Crippen LogP contribution in [0, 0.1) is 6.92 Å². The SMILES string of the molecule is Cc1ccccc1N=C1NC(=O)/C(=C\c2ccccc2)S1. The van der Waals surface area contributed by atoms with Crippen LogP contribution in [0.25, 0.3) is 6.08 Å². The molecule has 1 amide bonds. The topological polar surface area (TPSA) is 41.5 Å². The van der Waals surface area contributed by atoms with E-state index < -0.39 is 0 Å². The summed E-state index contributed by atoms with van der Waals surface area (Å²) >= 11 is 1.37. The maximum absolute atomic E-state index is 12.0. The molecule has 0 atom stereocenters. The predicted molar refractivity (Wildman–Crippen MR) is 88.4 cm³/mol. The molecule has 0 saturated carbocycles. The van der Waals surface area contributed by atoms with Crippen LogP contribution in [0.15, 0.2) is 64.5 Å². The number of aliphatic imine (C=N–C) groups is 1. The highest BCUT2D eigenvalue weighted by Crippen LogP contribution is 2.28. The first-order chi connectivity index (χ1) is 10.2. The van der Waals surface area contributed by atoms with Gasteiger partial charge in [-0.25, -0.2) is 4.99 Å². The summed E-state index contributed by atoms with van der Waals surface area (Å²) in [4.78, 5) is 17.2. The summed E-state index contributed by atoms with van der Waals surface area (Å²) < 4.78 is 0. The first-order valence-corrected chi connectivity index (χ1v) is 7.44. The van der Waals surface area contributed by atoms with Gasteiger partial charge in [-0.15, -0.1) is 0 Å². The summed E-state index contributed by atoms with van der Waals surface area (Å²) in [6.07, 6.45) is 1.88. The average molecular weight is 294 g/mol. The van der Waals surface area contributed by atoms with Gasteiger partial charge in [-0.2, -0.15) is 0 Å². The Bertz CT molecular complexity index is 735. The van der Waals surface area contributed by atoms with Crippen LogP contribution in [0.3, 0.4) is 0 Å². The van der Waals surface area contributed by atoms with Crippen LogP contribution in [0.1, 0.15) is 11.1 Å². The number of benzene rings is 2. The first-order valence-electron chi connectivity index (χ1n) is 6.62. The molecule has 104 valence electrons. The molecule has 1 saturated heterocycles.